The molecule has 220 valence electrons. The zero-order valence-corrected chi connectivity index (χ0v) is 25.7. The van der Waals surface area contributed by atoms with Gasteiger partial charge < -0.3 is 16.0 Å². The molecule has 11 heteroatoms. The molecule has 0 saturated heterocycles. The van der Waals surface area contributed by atoms with Crippen LogP contribution in [-0.4, -0.2) is 31.5 Å². The molecule has 1 unspecified atom stereocenters. The first-order chi connectivity index (χ1) is 20.3. The smallest absolute Gasteiger partial charge is 0.242 e. The molecule has 1 fully saturated rings. The van der Waals surface area contributed by atoms with Gasteiger partial charge in [0.1, 0.15) is 24.0 Å². The second-order valence-corrected chi connectivity index (χ2v) is 12.0. The van der Waals surface area contributed by atoms with Crippen molar-refractivity contribution >= 4 is 52.5 Å². The van der Waals surface area contributed by atoms with Crippen LogP contribution in [0.1, 0.15) is 55.3 Å². The van der Waals surface area contributed by atoms with E-state index in [1.165, 1.54) is 19.3 Å². The molecule has 0 bridgehead atoms. The maximum atomic E-state index is 13.6. The summed E-state index contributed by atoms with van der Waals surface area (Å²) in [7, 11) is 0. The number of carbonyl (C=O) groups excluding carboxylic acids is 1. The van der Waals surface area contributed by atoms with Gasteiger partial charge in [-0.3, -0.25) is 9.36 Å². The van der Waals surface area contributed by atoms with Crippen molar-refractivity contribution in [2.24, 2.45) is 5.92 Å². The Morgan fingerprint density at radius 2 is 1.81 bits per heavy atom. The summed E-state index contributed by atoms with van der Waals surface area (Å²) < 4.78 is 1.84. The van der Waals surface area contributed by atoms with E-state index in [2.05, 4.69) is 20.9 Å². The molecule has 3 N–H and O–H groups in total. The van der Waals surface area contributed by atoms with Gasteiger partial charge in [0.2, 0.25) is 11.9 Å². The summed E-state index contributed by atoms with van der Waals surface area (Å²) in [5, 5.41) is 11.6. The fourth-order valence-electron chi connectivity index (χ4n) is 5.23. The molecule has 5 rings (SSSR count). The number of amides is 1. The van der Waals surface area contributed by atoms with Crippen LogP contribution in [0.15, 0.2) is 61.1 Å². The zero-order chi connectivity index (χ0) is 29.5. The number of halogens is 3. The summed E-state index contributed by atoms with van der Waals surface area (Å²) in [5.41, 5.74) is 2.67. The molecular formula is C31H34Cl3N7O. The molecular weight excluding hydrogens is 593 g/mol. The molecule has 8 nitrogen and oxygen atoms in total. The first-order valence-corrected chi connectivity index (χ1v) is 15.3. The van der Waals surface area contributed by atoms with Crippen LogP contribution in [0.4, 0.5) is 11.8 Å². The van der Waals surface area contributed by atoms with Crippen LogP contribution in [0.5, 0.6) is 0 Å². The Morgan fingerprint density at radius 3 is 2.55 bits per heavy atom. The number of aryl methyl sites for hydroxylation is 1. The lowest BCUT2D eigenvalue weighted by Crippen LogP contribution is -2.41. The minimum Gasteiger partial charge on any atom is -0.358 e. The molecule has 0 radical (unpaired) electrons. The van der Waals surface area contributed by atoms with Gasteiger partial charge in [-0.1, -0.05) is 85.1 Å². The molecule has 1 amide bonds. The second kappa shape index (κ2) is 14.2. The second-order valence-electron chi connectivity index (χ2n) is 10.7. The number of aromatic nitrogens is 4. The van der Waals surface area contributed by atoms with E-state index in [-0.39, 0.29) is 5.91 Å². The van der Waals surface area contributed by atoms with Crippen LogP contribution in [0, 0.1) is 12.8 Å². The zero-order valence-electron chi connectivity index (χ0n) is 23.4. The third kappa shape index (κ3) is 8.37. The van der Waals surface area contributed by atoms with Gasteiger partial charge in [0.25, 0.3) is 0 Å². The van der Waals surface area contributed by atoms with E-state index in [0.29, 0.717) is 58.1 Å². The summed E-state index contributed by atoms with van der Waals surface area (Å²) in [5.74, 6) is 1.94. The molecule has 1 saturated carbocycles. The number of rotatable bonds is 11. The van der Waals surface area contributed by atoms with Gasteiger partial charge in [0.15, 0.2) is 0 Å². The monoisotopic (exact) mass is 625 g/mol. The lowest BCUT2D eigenvalue weighted by Gasteiger charge is -2.27. The third-order valence-electron chi connectivity index (χ3n) is 7.43. The van der Waals surface area contributed by atoms with Crippen molar-refractivity contribution < 1.29 is 4.79 Å². The fourth-order valence-corrected chi connectivity index (χ4v) is 5.92. The van der Waals surface area contributed by atoms with Gasteiger partial charge in [-0.2, -0.15) is 9.97 Å². The van der Waals surface area contributed by atoms with E-state index in [1.54, 1.807) is 18.5 Å². The quantitative estimate of drug-likeness (QED) is 0.159. The highest BCUT2D eigenvalue weighted by Crippen LogP contribution is 2.29. The number of carbonyl (C=O) groups is 1. The molecule has 1 aliphatic rings. The van der Waals surface area contributed by atoms with E-state index in [4.69, 9.17) is 44.8 Å². The molecule has 1 atom stereocenters. The highest BCUT2D eigenvalue weighted by atomic mass is 35.5. The van der Waals surface area contributed by atoms with E-state index in [0.717, 1.165) is 29.7 Å². The minimum atomic E-state index is -0.493. The van der Waals surface area contributed by atoms with Crippen LogP contribution < -0.4 is 16.0 Å². The lowest BCUT2D eigenvalue weighted by atomic mass is 9.84. The molecule has 42 heavy (non-hydrogen) atoms. The Bertz CT molecular complexity index is 1520. The van der Waals surface area contributed by atoms with E-state index >= 15 is 0 Å². The number of nitrogens with zero attached hydrogens (tertiary/aromatic N) is 4. The van der Waals surface area contributed by atoms with E-state index < -0.39 is 6.04 Å². The van der Waals surface area contributed by atoms with Crippen LogP contribution in [-0.2, 0) is 17.9 Å². The van der Waals surface area contributed by atoms with Crippen LogP contribution in [0.25, 0.3) is 5.82 Å². The molecule has 2 aromatic carbocycles. The molecule has 2 heterocycles. The fraction of sp³-hybridized carbons (Fsp3) is 0.355. The normalized spacial score (nSPS) is 14.4. The van der Waals surface area contributed by atoms with Crippen molar-refractivity contribution in [2.75, 3.05) is 10.6 Å². The Kier molecular flexibility index (Phi) is 10.2. The maximum absolute atomic E-state index is 13.6. The third-order valence-corrected chi connectivity index (χ3v) is 8.25. The largest absolute Gasteiger partial charge is 0.358 e. The molecule has 2 aromatic heterocycles. The van der Waals surface area contributed by atoms with Crippen molar-refractivity contribution in [3.8, 4) is 5.82 Å². The van der Waals surface area contributed by atoms with Gasteiger partial charge in [0.05, 0.1) is 5.69 Å². The number of nitrogens with one attached hydrogen (secondary N) is 3. The number of anilines is 2. The summed E-state index contributed by atoms with van der Waals surface area (Å²) >= 11 is 18.6. The van der Waals surface area contributed by atoms with Gasteiger partial charge in [-0.15, -0.1) is 0 Å². The highest BCUT2D eigenvalue weighted by molar-refractivity contribution is 6.35. The van der Waals surface area contributed by atoms with E-state index in [1.807, 2.05) is 54.1 Å². The van der Waals surface area contributed by atoms with Crippen molar-refractivity contribution in [3.63, 3.8) is 0 Å². The SMILES string of the molecule is Cc1cn(-c2cc(NC(CC3CCCCC3)C(=O)NCc3ccc(Cl)cc3Cl)nc(NCc3cccc(Cl)c3)n2)cn1. The average molecular weight is 627 g/mol. The summed E-state index contributed by atoms with van der Waals surface area (Å²) in [6.45, 7) is 2.71. The van der Waals surface area contributed by atoms with Crippen molar-refractivity contribution in [3.05, 3.63) is 92.9 Å². The van der Waals surface area contributed by atoms with Gasteiger partial charge in [-0.25, -0.2) is 4.98 Å². The average Bonchev–Trinajstić information content (AvgIpc) is 3.42. The van der Waals surface area contributed by atoms with E-state index in [9.17, 15) is 4.79 Å². The lowest BCUT2D eigenvalue weighted by molar-refractivity contribution is -0.122. The number of benzene rings is 2. The predicted molar refractivity (Wildman–Crippen MR) is 170 cm³/mol. The molecule has 1 aliphatic carbocycles. The summed E-state index contributed by atoms with van der Waals surface area (Å²) in [6, 6.07) is 14.2. The number of hydrogen-bond donors (Lipinski definition) is 3. The predicted octanol–water partition coefficient (Wildman–Crippen LogP) is 7.61. The molecule has 4 aromatic rings. The number of imidazole rings is 1. The highest BCUT2D eigenvalue weighted by Gasteiger charge is 2.25. The standard InChI is InChI=1S/C31H34Cl3N7O/c1-20-18-41(19-37-20)29-15-28(39-31(40-29)36-16-22-8-5-9-24(32)12-22)38-27(13-21-6-3-2-4-7-21)30(42)35-17-23-10-11-25(33)14-26(23)34/h5,8-12,14-15,18-19,21,27H,2-4,6-7,13,16-17H2,1H3,(H,35,42)(H2,36,38,39,40). The van der Waals surface area contributed by atoms with Crippen molar-refractivity contribution in [1.82, 2.24) is 24.8 Å². The van der Waals surface area contributed by atoms with Gasteiger partial charge in [0, 0.05) is 40.4 Å². The van der Waals surface area contributed by atoms with Crippen LogP contribution in [0.2, 0.25) is 15.1 Å². The Morgan fingerprint density at radius 1 is 1.00 bits per heavy atom. The van der Waals surface area contributed by atoms with Crippen molar-refractivity contribution in [1.29, 1.82) is 0 Å². The topological polar surface area (TPSA) is 96.8 Å². The number of hydrogen-bond acceptors (Lipinski definition) is 6. The van der Waals surface area contributed by atoms with Gasteiger partial charge in [-0.05, 0) is 54.7 Å². The maximum Gasteiger partial charge on any atom is 0.242 e. The Hall–Kier alpha value is -3.33. The van der Waals surface area contributed by atoms with Crippen LogP contribution >= 0.6 is 34.8 Å². The van der Waals surface area contributed by atoms with Gasteiger partial charge >= 0.3 is 0 Å². The molecule has 0 aliphatic heterocycles. The van der Waals surface area contributed by atoms with Crippen molar-refractivity contribution in [2.45, 2.75) is 64.6 Å². The summed E-state index contributed by atoms with van der Waals surface area (Å²) in [4.78, 5) is 27.4. The Balaban J connectivity index is 1.38. The first-order valence-electron chi connectivity index (χ1n) is 14.2. The van der Waals surface area contributed by atoms with Crippen LogP contribution in [0.3, 0.4) is 0 Å². The Labute approximate surface area is 261 Å². The summed E-state index contributed by atoms with van der Waals surface area (Å²) in [6.07, 6.45) is 10.2. The first kappa shape index (κ1) is 30.1. The molecule has 0 spiro atoms. The minimum absolute atomic E-state index is 0.112.